The van der Waals surface area contributed by atoms with Crippen LogP contribution in [0.15, 0.2) is 30.7 Å². The molecule has 0 spiro atoms. The summed E-state index contributed by atoms with van der Waals surface area (Å²) in [7, 11) is 1.89. The minimum Gasteiger partial charge on any atom is -0.489 e. The van der Waals surface area contributed by atoms with Crippen LogP contribution < -0.4 is 10.5 Å². The highest BCUT2D eigenvalue weighted by Gasteiger charge is 2.45. The van der Waals surface area contributed by atoms with Crippen LogP contribution in [0, 0.1) is 0 Å². The first-order valence-electron chi connectivity index (χ1n) is 10.7. The van der Waals surface area contributed by atoms with Gasteiger partial charge in [-0.2, -0.15) is 0 Å². The Morgan fingerprint density at radius 1 is 1.16 bits per heavy atom. The summed E-state index contributed by atoms with van der Waals surface area (Å²) in [4.78, 5) is 31.0. The number of carbonyl (C=O) groups is 2. The molecule has 1 aromatic carbocycles. The number of ether oxygens (including phenoxy) is 2. The standard InChI is InChI=1S/C23H30N4O4/c1-23(2,3)31-22(29)27-15-6-7-16(27)11-17(10-15)30-20-8-5-14(9-18(20)21(24)28)19-12-26(4)13-25-19/h5,8-9,12-13,15-17H,6-7,10-11H2,1-4H3,(H2,24,28). The topological polar surface area (TPSA) is 99.7 Å². The van der Waals surface area contributed by atoms with Crippen molar-refractivity contribution in [3.8, 4) is 17.0 Å². The van der Waals surface area contributed by atoms with E-state index in [0.29, 0.717) is 24.2 Å². The van der Waals surface area contributed by atoms with Crippen LogP contribution >= 0.6 is 0 Å². The third-order valence-corrected chi connectivity index (χ3v) is 5.83. The summed E-state index contributed by atoms with van der Waals surface area (Å²) in [6.45, 7) is 5.63. The van der Waals surface area contributed by atoms with E-state index in [2.05, 4.69) is 4.98 Å². The Hall–Kier alpha value is -3.03. The van der Waals surface area contributed by atoms with Crippen molar-refractivity contribution in [2.24, 2.45) is 12.8 Å². The number of amides is 2. The first-order chi connectivity index (χ1) is 14.6. The van der Waals surface area contributed by atoms with Crippen molar-refractivity contribution in [1.82, 2.24) is 14.5 Å². The molecule has 2 atom stereocenters. The van der Waals surface area contributed by atoms with Gasteiger partial charge in [0.1, 0.15) is 17.5 Å². The van der Waals surface area contributed by atoms with Crippen LogP contribution in [0.5, 0.6) is 5.75 Å². The molecular formula is C23H30N4O4. The molecule has 2 bridgehead atoms. The summed E-state index contributed by atoms with van der Waals surface area (Å²) < 4.78 is 13.7. The van der Waals surface area contributed by atoms with Crippen molar-refractivity contribution in [2.75, 3.05) is 0 Å². The number of carbonyl (C=O) groups excluding carboxylic acids is 2. The Morgan fingerprint density at radius 2 is 1.84 bits per heavy atom. The highest BCUT2D eigenvalue weighted by molar-refractivity contribution is 5.97. The molecule has 2 unspecified atom stereocenters. The SMILES string of the molecule is Cn1cnc(-c2ccc(OC3CC4CCC(C3)N4C(=O)OC(C)(C)C)c(C(N)=O)c2)c1. The van der Waals surface area contributed by atoms with Crippen LogP contribution in [-0.2, 0) is 11.8 Å². The molecule has 4 rings (SSSR count). The fourth-order valence-electron chi connectivity index (χ4n) is 4.56. The number of nitrogens with two attached hydrogens (primary N) is 1. The zero-order valence-corrected chi connectivity index (χ0v) is 18.5. The van der Waals surface area contributed by atoms with Crippen LogP contribution in [0.2, 0.25) is 0 Å². The molecule has 31 heavy (non-hydrogen) atoms. The minimum absolute atomic E-state index is 0.0865. The second-order valence-corrected chi connectivity index (χ2v) is 9.48. The Labute approximate surface area is 182 Å². The summed E-state index contributed by atoms with van der Waals surface area (Å²) in [5.41, 5.74) is 7.04. The average Bonchev–Trinajstić information content (AvgIpc) is 3.22. The number of imidazole rings is 1. The molecule has 166 valence electrons. The summed E-state index contributed by atoms with van der Waals surface area (Å²) in [5.74, 6) is -0.0655. The first kappa shape index (κ1) is 21.2. The predicted molar refractivity (Wildman–Crippen MR) is 116 cm³/mol. The smallest absolute Gasteiger partial charge is 0.410 e. The number of benzene rings is 1. The molecule has 2 amide bonds. The molecular weight excluding hydrogens is 396 g/mol. The number of nitrogens with zero attached hydrogens (tertiary/aromatic N) is 3. The van der Waals surface area contributed by atoms with Gasteiger partial charge in [0.05, 0.1) is 17.6 Å². The molecule has 1 aromatic heterocycles. The summed E-state index contributed by atoms with van der Waals surface area (Å²) in [6.07, 6.45) is 6.52. The second kappa shape index (κ2) is 7.90. The molecule has 3 heterocycles. The van der Waals surface area contributed by atoms with Crippen molar-refractivity contribution in [3.05, 3.63) is 36.3 Å². The largest absolute Gasteiger partial charge is 0.489 e. The number of piperidine rings is 1. The zero-order valence-electron chi connectivity index (χ0n) is 18.5. The number of rotatable bonds is 4. The van der Waals surface area contributed by atoms with E-state index in [4.69, 9.17) is 15.2 Å². The maximum absolute atomic E-state index is 12.7. The molecule has 0 aliphatic carbocycles. The van der Waals surface area contributed by atoms with Crippen molar-refractivity contribution in [3.63, 3.8) is 0 Å². The first-order valence-corrected chi connectivity index (χ1v) is 10.7. The number of hydrogen-bond acceptors (Lipinski definition) is 5. The average molecular weight is 427 g/mol. The van der Waals surface area contributed by atoms with Crippen LogP contribution in [-0.4, -0.2) is 50.2 Å². The second-order valence-electron chi connectivity index (χ2n) is 9.48. The van der Waals surface area contributed by atoms with Crippen molar-refractivity contribution in [2.45, 2.75) is 70.2 Å². The van der Waals surface area contributed by atoms with Crippen LogP contribution in [0.3, 0.4) is 0 Å². The van der Waals surface area contributed by atoms with E-state index < -0.39 is 11.5 Å². The van der Waals surface area contributed by atoms with Gasteiger partial charge in [0.2, 0.25) is 0 Å². The predicted octanol–water partition coefficient (Wildman–Crippen LogP) is 3.50. The van der Waals surface area contributed by atoms with Gasteiger partial charge in [-0.05, 0) is 51.8 Å². The van der Waals surface area contributed by atoms with Gasteiger partial charge >= 0.3 is 6.09 Å². The fourth-order valence-corrected chi connectivity index (χ4v) is 4.56. The number of aryl methyl sites for hydroxylation is 1. The van der Waals surface area contributed by atoms with E-state index in [9.17, 15) is 9.59 Å². The van der Waals surface area contributed by atoms with Gasteiger partial charge < -0.3 is 24.7 Å². The molecule has 8 heteroatoms. The monoisotopic (exact) mass is 426 g/mol. The van der Waals surface area contributed by atoms with Crippen LogP contribution in [0.1, 0.15) is 56.8 Å². The van der Waals surface area contributed by atoms with E-state index in [0.717, 1.165) is 24.1 Å². The Balaban J connectivity index is 1.49. The molecule has 2 N–H and O–H groups in total. The van der Waals surface area contributed by atoms with Gasteiger partial charge in [0.15, 0.2) is 0 Å². The van der Waals surface area contributed by atoms with Gasteiger partial charge in [-0.15, -0.1) is 0 Å². The third-order valence-electron chi connectivity index (χ3n) is 5.83. The van der Waals surface area contributed by atoms with E-state index in [1.807, 2.05) is 49.5 Å². The lowest BCUT2D eigenvalue weighted by atomic mass is 9.99. The highest BCUT2D eigenvalue weighted by Crippen LogP contribution is 2.39. The van der Waals surface area contributed by atoms with E-state index in [1.54, 1.807) is 18.5 Å². The van der Waals surface area contributed by atoms with Gasteiger partial charge in [-0.25, -0.2) is 9.78 Å². The minimum atomic E-state index is -0.540. The van der Waals surface area contributed by atoms with Gasteiger partial charge in [-0.3, -0.25) is 4.79 Å². The normalized spacial score (nSPS) is 23.0. The molecule has 2 aliphatic heterocycles. The lowest BCUT2D eigenvalue weighted by molar-refractivity contribution is -0.00711. The van der Waals surface area contributed by atoms with Gasteiger partial charge in [-0.1, -0.05) is 0 Å². The lowest BCUT2D eigenvalue weighted by Gasteiger charge is -2.39. The third kappa shape index (κ3) is 4.52. The Morgan fingerprint density at radius 3 is 2.39 bits per heavy atom. The number of primary amides is 1. The maximum atomic E-state index is 12.7. The van der Waals surface area contributed by atoms with Crippen molar-refractivity contribution in [1.29, 1.82) is 0 Å². The van der Waals surface area contributed by atoms with Crippen LogP contribution in [0.4, 0.5) is 4.79 Å². The molecule has 0 radical (unpaired) electrons. The summed E-state index contributed by atoms with van der Waals surface area (Å²) >= 11 is 0. The zero-order chi connectivity index (χ0) is 22.3. The highest BCUT2D eigenvalue weighted by atomic mass is 16.6. The summed E-state index contributed by atoms with van der Waals surface area (Å²) in [6, 6.07) is 5.57. The Kier molecular flexibility index (Phi) is 5.41. The fraction of sp³-hybridized carbons (Fsp3) is 0.522. The number of aromatic nitrogens is 2. The molecule has 2 aliphatic rings. The molecule has 2 aromatic rings. The lowest BCUT2D eigenvalue weighted by Crippen LogP contribution is -2.50. The number of fused-ring (bicyclic) bond motifs is 2. The summed E-state index contributed by atoms with van der Waals surface area (Å²) in [5, 5.41) is 0. The molecule has 8 nitrogen and oxygen atoms in total. The molecule has 2 fully saturated rings. The van der Waals surface area contributed by atoms with Gasteiger partial charge in [0, 0.05) is 43.7 Å². The quantitative estimate of drug-likeness (QED) is 0.807. The van der Waals surface area contributed by atoms with Gasteiger partial charge in [0.25, 0.3) is 5.91 Å². The van der Waals surface area contributed by atoms with E-state index >= 15 is 0 Å². The number of hydrogen-bond donors (Lipinski definition) is 1. The molecule has 0 saturated carbocycles. The maximum Gasteiger partial charge on any atom is 0.410 e. The van der Waals surface area contributed by atoms with E-state index in [-0.39, 0.29) is 24.3 Å². The van der Waals surface area contributed by atoms with Crippen LogP contribution in [0.25, 0.3) is 11.3 Å². The molecule has 2 saturated heterocycles. The van der Waals surface area contributed by atoms with E-state index in [1.165, 1.54) is 0 Å². The Bertz CT molecular complexity index is 980. The van der Waals surface area contributed by atoms with Crippen molar-refractivity contribution >= 4 is 12.0 Å². The van der Waals surface area contributed by atoms with Crippen molar-refractivity contribution < 1.29 is 19.1 Å².